The Bertz CT molecular complexity index is 299. The second-order valence-electron chi connectivity index (χ2n) is 2.83. The monoisotopic (exact) mass is 205 g/mol. The molecule has 0 amide bonds. The Morgan fingerprint density at radius 1 is 1.42 bits per heavy atom. The van der Waals surface area contributed by atoms with Crippen molar-refractivity contribution in [1.82, 2.24) is 4.98 Å². The lowest BCUT2D eigenvalue weighted by Gasteiger charge is -2.07. The van der Waals surface area contributed by atoms with Gasteiger partial charge in [-0.3, -0.25) is 0 Å². The minimum atomic E-state index is -0.0422. The van der Waals surface area contributed by atoms with Gasteiger partial charge in [0, 0.05) is 5.56 Å². The van der Waals surface area contributed by atoms with Crippen LogP contribution in [0.4, 0.5) is 0 Å². The van der Waals surface area contributed by atoms with Crippen molar-refractivity contribution in [2.24, 2.45) is 0 Å². The lowest BCUT2D eigenvalue weighted by Crippen LogP contribution is -1.91. The summed E-state index contributed by atoms with van der Waals surface area (Å²) in [5.41, 5.74) is 0.712. The quantitative estimate of drug-likeness (QED) is 0.715. The summed E-state index contributed by atoms with van der Waals surface area (Å²) < 4.78 is 0. The molecule has 0 unspecified atom stereocenters. The molecular weight excluding hydrogens is 197 g/mol. The first-order valence-corrected chi connectivity index (χ1v) is 4.33. The third-order valence-corrected chi connectivity index (χ3v) is 2.24. The van der Waals surface area contributed by atoms with Crippen LogP contribution in [-0.2, 0) is 0 Å². The number of rotatable bonds is 1. The molecule has 0 bridgehead atoms. The molecule has 1 N–H and O–H groups in total. The maximum atomic E-state index is 9.33. The summed E-state index contributed by atoms with van der Waals surface area (Å²) in [5, 5.41) is 9.84. The Balaban J connectivity index is 3.23. The van der Waals surface area contributed by atoms with E-state index in [9.17, 15) is 5.11 Å². The molecule has 0 aliphatic rings. The third kappa shape index (κ3) is 1.82. The number of hydrogen-bond acceptors (Lipinski definition) is 2. The number of nitrogens with zero attached hydrogens (tertiary/aromatic N) is 1. The molecule has 0 aliphatic heterocycles. The highest BCUT2D eigenvalue weighted by Gasteiger charge is 2.10. The normalized spacial score (nSPS) is 10.8. The van der Waals surface area contributed by atoms with Crippen molar-refractivity contribution in [3.05, 3.63) is 21.8 Å². The van der Waals surface area contributed by atoms with Crippen molar-refractivity contribution < 1.29 is 5.11 Å². The van der Waals surface area contributed by atoms with Crippen molar-refractivity contribution in [2.75, 3.05) is 0 Å². The molecular formula is C8H9Cl2NO. The van der Waals surface area contributed by atoms with Crippen LogP contribution in [0.25, 0.3) is 0 Å². The van der Waals surface area contributed by atoms with Crippen molar-refractivity contribution in [2.45, 2.75) is 19.8 Å². The highest BCUT2D eigenvalue weighted by Crippen LogP contribution is 2.30. The van der Waals surface area contributed by atoms with Gasteiger partial charge in [-0.05, 0) is 12.0 Å². The molecule has 0 radical (unpaired) electrons. The summed E-state index contributed by atoms with van der Waals surface area (Å²) >= 11 is 11.3. The standard InChI is InChI=1S/C8H9Cl2NO/c1-4(2)5-3-6(9)7(10)11-8(5)12/h3-4H,1-2H3,(H,11,12). The Kier molecular flexibility index (Phi) is 2.80. The van der Waals surface area contributed by atoms with E-state index in [-0.39, 0.29) is 17.0 Å². The Labute approximate surface area is 81.1 Å². The van der Waals surface area contributed by atoms with Gasteiger partial charge in [0.05, 0.1) is 5.02 Å². The minimum absolute atomic E-state index is 0.0422. The van der Waals surface area contributed by atoms with Crippen molar-refractivity contribution in [1.29, 1.82) is 0 Å². The van der Waals surface area contributed by atoms with E-state index in [1.807, 2.05) is 13.8 Å². The van der Waals surface area contributed by atoms with Crippen LogP contribution in [0.3, 0.4) is 0 Å². The maximum absolute atomic E-state index is 9.33. The predicted molar refractivity (Wildman–Crippen MR) is 50.0 cm³/mol. The maximum Gasteiger partial charge on any atom is 0.215 e. The molecule has 2 nitrogen and oxygen atoms in total. The van der Waals surface area contributed by atoms with Crippen LogP contribution in [0.2, 0.25) is 10.2 Å². The van der Waals surface area contributed by atoms with Gasteiger partial charge in [-0.1, -0.05) is 37.0 Å². The van der Waals surface area contributed by atoms with Crippen LogP contribution in [0.5, 0.6) is 5.88 Å². The van der Waals surface area contributed by atoms with Gasteiger partial charge < -0.3 is 5.11 Å². The summed E-state index contributed by atoms with van der Waals surface area (Å²) in [7, 11) is 0. The molecule has 1 aromatic rings. The Morgan fingerprint density at radius 2 is 2.00 bits per heavy atom. The first-order valence-electron chi connectivity index (χ1n) is 3.57. The zero-order chi connectivity index (χ0) is 9.30. The zero-order valence-corrected chi connectivity index (χ0v) is 8.32. The molecule has 1 aromatic heterocycles. The van der Waals surface area contributed by atoms with Gasteiger partial charge in [0.15, 0.2) is 5.15 Å². The van der Waals surface area contributed by atoms with Crippen molar-refractivity contribution >= 4 is 23.2 Å². The van der Waals surface area contributed by atoms with E-state index in [4.69, 9.17) is 23.2 Å². The zero-order valence-electron chi connectivity index (χ0n) is 6.81. The fourth-order valence-electron chi connectivity index (χ4n) is 0.896. The molecule has 0 spiro atoms. The highest BCUT2D eigenvalue weighted by molar-refractivity contribution is 6.41. The van der Waals surface area contributed by atoms with Gasteiger partial charge in [-0.2, -0.15) is 4.98 Å². The summed E-state index contributed by atoms with van der Waals surface area (Å²) in [6.07, 6.45) is 0. The van der Waals surface area contributed by atoms with Crippen LogP contribution in [0.15, 0.2) is 6.07 Å². The smallest absolute Gasteiger partial charge is 0.215 e. The molecule has 4 heteroatoms. The van der Waals surface area contributed by atoms with Gasteiger partial charge in [0.1, 0.15) is 0 Å². The van der Waals surface area contributed by atoms with Crippen LogP contribution in [-0.4, -0.2) is 10.1 Å². The average Bonchev–Trinajstić information content (AvgIpc) is 1.96. The van der Waals surface area contributed by atoms with Crippen LogP contribution in [0.1, 0.15) is 25.3 Å². The first-order chi connectivity index (χ1) is 5.52. The lowest BCUT2D eigenvalue weighted by atomic mass is 10.1. The van der Waals surface area contributed by atoms with E-state index in [1.54, 1.807) is 6.07 Å². The molecule has 0 fully saturated rings. The Hall–Kier alpha value is -0.470. The molecule has 0 aromatic carbocycles. The second-order valence-corrected chi connectivity index (χ2v) is 3.59. The van der Waals surface area contributed by atoms with E-state index in [1.165, 1.54) is 0 Å². The van der Waals surface area contributed by atoms with Gasteiger partial charge in [0.25, 0.3) is 0 Å². The fourth-order valence-corrected chi connectivity index (χ4v) is 1.19. The molecule has 1 rings (SSSR count). The Morgan fingerprint density at radius 3 is 2.50 bits per heavy atom. The van der Waals surface area contributed by atoms with E-state index < -0.39 is 0 Å². The van der Waals surface area contributed by atoms with Crippen molar-refractivity contribution in [3.63, 3.8) is 0 Å². The van der Waals surface area contributed by atoms with Crippen LogP contribution in [0, 0.1) is 0 Å². The van der Waals surface area contributed by atoms with Crippen LogP contribution < -0.4 is 0 Å². The third-order valence-electron chi connectivity index (χ3n) is 1.56. The lowest BCUT2D eigenvalue weighted by molar-refractivity contribution is 0.443. The fraction of sp³-hybridized carbons (Fsp3) is 0.375. The molecule has 66 valence electrons. The van der Waals surface area contributed by atoms with Gasteiger partial charge in [-0.15, -0.1) is 0 Å². The second kappa shape index (κ2) is 3.50. The van der Waals surface area contributed by atoms with E-state index in [2.05, 4.69) is 4.98 Å². The minimum Gasteiger partial charge on any atom is -0.493 e. The van der Waals surface area contributed by atoms with Crippen LogP contribution >= 0.6 is 23.2 Å². The molecule has 1 heterocycles. The molecule has 0 aliphatic carbocycles. The SMILES string of the molecule is CC(C)c1cc(Cl)c(Cl)nc1O. The number of pyridine rings is 1. The van der Waals surface area contributed by atoms with E-state index in [0.717, 1.165) is 0 Å². The summed E-state index contributed by atoms with van der Waals surface area (Å²) in [6.45, 7) is 3.89. The number of halogens is 2. The number of hydrogen-bond donors (Lipinski definition) is 1. The van der Waals surface area contributed by atoms with Crippen molar-refractivity contribution in [3.8, 4) is 5.88 Å². The summed E-state index contributed by atoms with van der Waals surface area (Å²) in [4.78, 5) is 3.68. The summed E-state index contributed by atoms with van der Waals surface area (Å²) in [6, 6.07) is 1.64. The van der Waals surface area contributed by atoms with E-state index >= 15 is 0 Å². The molecule has 12 heavy (non-hydrogen) atoms. The van der Waals surface area contributed by atoms with Gasteiger partial charge >= 0.3 is 0 Å². The number of aromatic hydroxyl groups is 1. The molecule has 0 saturated heterocycles. The molecule has 0 saturated carbocycles. The van der Waals surface area contributed by atoms with Gasteiger partial charge in [0.2, 0.25) is 5.88 Å². The largest absolute Gasteiger partial charge is 0.493 e. The first kappa shape index (κ1) is 9.62. The predicted octanol–water partition coefficient (Wildman–Crippen LogP) is 3.22. The number of aromatic nitrogens is 1. The van der Waals surface area contributed by atoms with E-state index in [0.29, 0.717) is 10.6 Å². The average molecular weight is 206 g/mol. The summed E-state index contributed by atoms with van der Waals surface area (Å²) in [5.74, 6) is 0.145. The topological polar surface area (TPSA) is 33.1 Å². The molecule has 0 atom stereocenters. The highest BCUT2D eigenvalue weighted by atomic mass is 35.5. The van der Waals surface area contributed by atoms with Gasteiger partial charge in [-0.25, -0.2) is 0 Å².